The predicted molar refractivity (Wildman–Crippen MR) is 519 cm³/mol. The SMILES string of the molecule is C[C@H]1C(=O)C(C(N)=O)=C[C@@]2(C)c3nc(-c4ccncc4)nc(-c4ccccc4)c3CC[C@H]12.Cc1ccc(-c2nc(-c3ccnc(C)c3)nc3c2CC[C@@H]2[C@@H](C)C(=O)C(C(N)=O)=C[C@@]32C)cc1.Cc1ccc(-c2nc(-c3ccnc(C)c3)nc3c2CC[C@@H]2[C@@H](C)C(=O)C(C(N)=O)C[C@@]32C)cc1.[C-]#[N+]C1C[C@@]2(C)c3nc(-c4ccnc5ccccc45)nc(-c4ccccc4F)c3CC[C@@H]2[C@@H](C)C1=O. The molecular formula is C112H107FN16O7. The van der Waals surface area contributed by atoms with Crippen molar-refractivity contribution in [3.8, 4) is 90.6 Å². The van der Waals surface area contributed by atoms with Crippen molar-refractivity contribution < 1.29 is 38.0 Å². The molecule has 24 heteroatoms. The second-order valence-electron chi connectivity index (χ2n) is 39.0. The lowest BCUT2D eigenvalue weighted by Gasteiger charge is -2.50. The van der Waals surface area contributed by atoms with Gasteiger partial charge >= 0.3 is 0 Å². The fraction of sp³-hybridized carbons (Fsp3) is 0.321. The van der Waals surface area contributed by atoms with Gasteiger partial charge in [0, 0.05) is 166 Å². The maximum Gasteiger partial charge on any atom is 0.282 e. The minimum Gasteiger partial charge on any atom is -0.369 e. The molecule has 21 rings (SSSR count). The molecule has 8 aromatic heterocycles. The van der Waals surface area contributed by atoms with Crippen LogP contribution in [0.3, 0.4) is 0 Å². The number of amides is 3. The Labute approximate surface area is 789 Å². The summed E-state index contributed by atoms with van der Waals surface area (Å²) in [4.78, 5) is 150. The Morgan fingerprint density at radius 3 is 1.31 bits per heavy atom. The number of nitrogens with two attached hydrogens (primary N) is 3. The molecule has 6 N–H and O–H groups in total. The number of pyridine rings is 4. The highest BCUT2D eigenvalue weighted by molar-refractivity contribution is 6.21. The van der Waals surface area contributed by atoms with Crippen molar-refractivity contribution >= 4 is 51.8 Å². The van der Waals surface area contributed by atoms with Gasteiger partial charge in [-0.25, -0.2) is 50.8 Å². The van der Waals surface area contributed by atoms with Gasteiger partial charge in [-0.1, -0.05) is 188 Å². The summed E-state index contributed by atoms with van der Waals surface area (Å²) in [7, 11) is 0. The highest BCUT2D eigenvalue weighted by Gasteiger charge is 2.58. The third-order valence-electron chi connectivity index (χ3n) is 30.6. The number of benzene rings is 5. The summed E-state index contributed by atoms with van der Waals surface area (Å²) in [5.74, 6) is -1.84. The van der Waals surface area contributed by atoms with Gasteiger partial charge in [0.25, 0.3) is 17.9 Å². The number of fused-ring (bicyclic) bond motifs is 13. The molecule has 14 atom stereocenters. The highest BCUT2D eigenvalue weighted by Crippen LogP contribution is 2.58. The van der Waals surface area contributed by atoms with Gasteiger partial charge in [0.05, 0.1) is 68.1 Å². The lowest BCUT2D eigenvalue weighted by Crippen LogP contribution is -2.53. The maximum atomic E-state index is 15.1. The van der Waals surface area contributed by atoms with Gasteiger partial charge < -0.3 is 22.0 Å². The summed E-state index contributed by atoms with van der Waals surface area (Å²) in [6.07, 6.45) is 19.3. The van der Waals surface area contributed by atoms with Gasteiger partial charge in [-0.2, -0.15) is 0 Å². The van der Waals surface area contributed by atoms with Crippen LogP contribution in [0, 0.1) is 93.3 Å². The number of aryl methyl sites for hydroxylation is 4. The molecule has 0 radical (unpaired) electrons. The smallest absolute Gasteiger partial charge is 0.282 e. The molecule has 8 aliphatic carbocycles. The first-order valence-corrected chi connectivity index (χ1v) is 46.8. The van der Waals surface area contributed by atoms with E-state index >= 15 is 4.39 Å². The second kappa shape index (κ2) is 36.2. The Kier molecular flexibility index (Phi) is 24.5. The summed E-state index contributed by atoms with van der Waals surface area (Å²) < 4.78 is 15.1. The zero-order chi connectivity index (χ0) is 95.9. The molecule has 136 heavy (non-hydrogen) atoms. The Morgan fingerprint density at radius 2 is 0.816 bits per heavy atom. The molecule has 5 aromatic carbocycles. The van der Waals surface area contributed by atoms with Crippen molar-refractivity contribution in [1.82, 2.24) is 59.8 Å². The quantitative estimate of drug-likeness (QED) is 0.0615. The van der Waals surface area contributed by atoms with Crippen molar-refractivity contribution in [2.75, 3.05) is 0 Å². The van der Waals surface area contributed by atoms with E-state index in [1.165, 1.54) is 17.2 Å². The number of nitrogens with zero attached hydrogens (tertiary/aromatic N) is 13. The molecule has 2 saturated carbocycles. The molecule has 0 spiro atoms. The Bertz CT molecular complexity index is 7180. The van der Waals surface area contributed by atoms with Crippen LogP contribution in [0.15, 0.2) is 224 Å². The minimum atomic E-state index is -0.786. The summed E-state index contributed by atoms with van der Waals surface area (Å²) in [6, 6.07) is 54.1. The molecule has 0 aliphatic heterocycles. The van der Waals surface area contributed by atoms with Crippen LogP contribution in [0.4, 0.5) is 4.39 Å². The fourth-order valence-corrected chi connectivity index (χ4v) is 23.5. The van der Waals surface area contributed by atoms with E-state index in [2.05, 4.69) is 115 Å². The van der Waals surface area contributed by atoms with E-state index in [0.717, 1.165) is 168 Å². The fourth-order valence-electron chi connectivity index (χ4n) is 23.5. The van der Waals surface area contributed by atoms with Crippen LogP contribution in [0.5, 0.6) is 0 Å². The number of carbonyl (C=O) groups excluding carboxylic acids is 7. The van der Waals surface area contributed by atoms with Gasteiger partial charge in [0.1, 0.15) is 11.6 Å². The third-order valence-corrected chi connectivity index (χ3v) is 30.6. The molecule has 13 aromatic rings. The number of halogens is 1. The Hall–Kier alpha value is -14.7. The van der Waals surface area contributed by atoms with Gasteiger partial charge in [0.15, 0.2) is 34.9 Å². The number of carbonyl (C=O) groups is 7. The number of primary amides is 3. The van der Waals surface area contributed by atoms with Gasteiger partial charge in [-0.15, -0.1) is 0 Å². The molecule has 23 nitrogen and oxygen atoms in total. The van der Waals surface area contributed by atoms with E-state index in [1.807, 2.05) is 145 Å². The lowest BCUT2D eigenvalue weighted by atomic mass is 9.53. The van der Waals surface area contributed by atoms with Gasteiger partial charge in [0.2, 0.25) is 11.7 Å². The number of para-hydroxylation sites is 1. The average Bonchev–Trinajstić information content (AvgIpc) is 0.730. The number of Topliss-reactive ketones (excluding diaryl/α,β-unsaturated/α-hetero) is 4. The number of ketones is 4. The summed E-state index contributed by atoms with van der Waals surface area (Å²) in [5, 5.41) is 0.920. The number of hydrogen-bond donors (Lipinski definition) is 3. The highest BCUT2D eigenvalue weighted by atomic mass is 19.1. The molecule has 8 heterocycles. The van der Waals surface area contributed by atoms with Crippen molar-refractivity contribution in [1.29, 1.82) is 0 Å². The lowest BCUT2D eigenvalue weighted by molar-refractivity contribution is -0.142. The summed E-state index contributed by atoms with van der Waals surface area (Å²) in [5.41, 5.74) is 37.9. The van der Waals surface area contributed by atoms with Crippen molar-refractivity contribution in [3.63, 3.8) is 0 Å². The zero-order valence-corrected chi connectivity index (χ0v) is 78.3. The van der Waals surface area contributed by atoms with E-state index in [0.29, 0.717) is 53.8 Å². The minimum absolute atomic E-state index is 0.0275. The van der Waals surface area contributed by atoms with Gasteiger partial charge in [-0.3, -0.25) is 53.5 Å². The van der Waals surface area contributed by atoms with Crippen LogP contribution in [0.1, 0.15) is 161 Å². The molecule has 0 bridgehead atoms. The van der Waals surface area contributed by atoms with Crippen molar-refractivity contribution in [3.05, 3.63) is 309 Å². The molecule has 3 amide bonds. The van der Waals surface area contributed by atoms with Crippen molar-refractivity contribution in [2.24, 2.45) is 70.5 Å². The molecular weight excluding hydrogens is 1700 g/mol. The number of rotatable bonds is 11. The number of aromatic nitrogens is 12. The van der Waals surface area contributed by atoms with Crippen LogP contribution in [0.25, 0.3) is 106 Å². The molecule has 2 fully saturated rings. The third kappa shape index (κ3) is 16.4. The van der Waals surface area contributed by atoms with E-state index in [9.17, 15) is 33.6 Å². The van der Waals surface area contributed by atoms with Crippen LogP contribution in [-0.2, 0) is 80.9 Å². The average molecular weight is 1810 g/mol. The van der Waals surface area contributed by atoms with Crippen LogP contribution >= 0.6 is 0 Å². The molecule has 8 aliphatic rings. The topological polar surface area (TPSA) is 357 Å². The standard InChI is InChI=1S/C30H25FN4O.C28H30N4O2.C28H28N4O2.C26H24N4O2/c1-17-22-13-12-21-26(20-9-4-6-10-23(20)31)34-29(19-14-15-33-24-11-7-5-8-18(19)24)35-28(21)30(22,2)16-25(32-3)27(17)36;2*1-15-5-7-18(8-6-15)23-20-9-10-22-17(3)24(33)21(26(29)34)14-28(22,4)25(20)32-27(31-23)19-11-12-30-16(2)13-19;1-15-20-9-8-18-21(16-6-4-3-5-7-16)29-25(17-10-12-28-13-11-17)30-23(18)26(20,2)14-19(22(15)31)24(27)32/h4-11,14-15,17,22,25H,12-13,16H2,1-2H3;5-8,11-13,17,21-22H,9-10,14H2,1-4H3,(H2,29,34);5-8,11-14,17,22H,9-10H2,1-4H3,(H2,29,34);3-7,10-15,20H,8-9H2,1-2H3,(H2,27,32)/t17-,22-,25?,30-;17-,21?,22-,28-;17-,22-,28-;15-,20-,26-/m1111/s1. The monoisotopic (exact) mass is 1810 g/mol. The Balaban J connectivity index is 0.000000121. The number of allylic oxidation sites excluding steroid dienone is 2. The Morgan fingerprint density at radius 1 is 0.404 bits per heavy atom. The molecule has 0 saturated heterocycles. The van der Waals surface area contributed by atoms with E-state index in [-0.39, 0.29) is 87.4 Å². The van der Waals surface area contributed by atoms with Crippen LogP contribution in [0.2, 0.25) is 0 Å². The van der Waals surface area contributed by atoms with Crippen LogP contribution in [-0.4, -0.2) is 107 Å². The van der Waals surface area contributed by atoms with E-state index in [4.69, 9.17) is 63.6 Å². The predicted octanol–water partition coefficient (Wildman–Crippen LogP) is 18.5. The first-order chi connectivity index (χ1) is 65.2. The summed E-state index contributed by atoms with van der Waals surface area (Å²) in [6.45, 7) is 31.8. The maximum absolute atomic E-state index is 15.1. The van der Waals surface area contributed by atoms with Crippen LogP contribution < -0.4 is 17.2 Å². The first-order valence-electron chi connectivity index (χ1n) is 46.8. The first kappa shape index (κ1) is 91.8. The number of hydrogen-bond acceptors (Lipinski definition) is 19. The van der Waals surface area contributed by atoms with Crippen molar-refractivity contribution in [2.45, 2.75) is 175 Å². The largest absolute Gasteiger partial charge is 0.369 e. The van der Waals surface area contributed by atoms with Gasteiger partial charge in [-0.05, 0) is 170 Å². The zero-order valence-electron chi connectivity index (χ0n) is 78.3. The van der Waals surface area contributed by atoms with E-state index < -0.39 is 51.3 Å². The molecule has 2 unspecified atom stereocenters. The molecule has 684 valence electrons. The normalized spacial score (nSPS) is 24.8. The summed E-state index contributed by atoms with van der Waals surface area (Å²) >= 11 is 0. The van der Waals surface area contributed by atoms with E-state index in [1.54, 1.807) is 55.3 Å². The second-order valence-corrected chi connectivity index (χ2v) is 39.0.